The highest BCUT2D eigenvalue weighted by atomic mass is 16.5. The van der Waals surface area contributed by atoms with Gasteiger partial charge in [-0.05, 0) is 55.3 Å². The molecule has 0 spiro atoms. The van der Waals surface area contributed by atoms with Gasteiger partial charge in [-0.1, -0.05) is 19.9 Å². The van der Waals surface area contributed by atoms with E-state index in [0.717, 1.165) is 29.5 Å². The van der Waals surface area contributed by atoms with Crippen molar-refractivity contribution in [2.45, 2.75) is 26.7 Å². The fraction of sp³-hybridized carbons (Fsp3) is 0.273. The Morgan fingerprint density at radius 1 is 1.00 bits per heavy atom. The predicted molar refractivity (Wildman–Crippen MR) is 108 cm³/mol. The zero-order chi connectivity index (χ0) is 19.1. The van der Waals surface area contributed by atoms with Crippen LogP contribution in [0.1, 0.15) is 37.0 Å². The Hall–Kier alpha value is -3.08. The van der Waals surface area contributed by atoms with Crippen molar-refractivity contribution >= 4 is 22.5 Å². The van der Waals surface area contributed by atoms with Gasteiger partial charge in [0, 0.05) is 17.1 Å². The van der Waals surface area contributed by atoms with Gasteiger partial charge in [0.25, 0.3) is 5.91 Å². The van der Waals surface area contributed by atoms with Crippen LogP contribution in [0.5, 0.6) is 11.5 Å². The second kappa shape index (κ2) is 9.03. The molecule has 0 aliphatic heterocycles. The first-order valence-corrected chi connectivity index (χ1v) is 9.27. The van der Waals surface area contributed by atoms with E-state index in [1.54, 1.807) is 18.3 Å². The molecule has 1 heterocycles. The first kappa shape index (κ1) is 18.7. The Labute approximate surface area is 159 Å². The molecule has 0 aliphatic rings. The summed E-state index contributed by atoms with van der Waals surface area (Å²) in [5.74, 6) is 1.23. The molecule has 0 saturated carbocycles. The molecule has 0 unspecified atom stereocenters. The van der Waals surface area contributed by atoms with Crippen molar-refractivity contribution in [2.75, 3.05) is 18.5 Å². The van der Waals surface area contributed by atoms with Gasteiger partial charge in [0.05, 0.1) is 18.9 Å². The van der Waals surface area contributed by atoms with Crippen LogP contribution in [0.15, 0.2) is 54.7 Å². The topological polar surface area (TPSA) is 60.5 Å². The van der Waals surface area contributed by atoms with Crippen LogP contribution in [0.25, 0.3) is 10.9 Å². The lowest BCUT2D eigenvalue weighted by molar-refractivity contribution is 0.102. The maximum Gasteiger partial charge on any atom is 0.255 e. The molecular formula is C22H24N2O3. The number of amides is 1. The van der Waals surface area contributed by atoms with Crippen LogP contribution < -0.4 is 14.8 Å². The molecule has 0 aliphatic carbocycles. The standard InChI is InChI=1S/C22H24N2O3/c1-3-13-26-17-8-5-7-16(15-17)22(25)24-19-10-11-20(27-14-4-2)21-18(19)9-6-12-23-21/h5-12,15H,3-4,13-14H2,1-2H3,(H,24,25). The van der Waals surface area contributed by atoms with Gasteiger partial charge in [0.1, 0.15) is 17.0 Å². The molecule has 0 atom stereocenters. The van der Waals surface area contributed by atoms with E-state index in [9.17, 15) is 4.79 Å². The van der Waals surface area contributed by atoms with Gasteiger partial charge >= 0.3 is 0 Å². The van der Waals surface area contributed by atoms with Crippen molar-refractivity contribution in [3.8, 4) is 11.5 Å². The number of nitrogens with one attached hydrogen (secondary N) is 1. The first-order chi connectivity index (χ1) is 13.2. The number of carbonyl (C=O) groups is 1. The molecular weight excluding hydrogens is 340 g/mol. The molecule has 140 valence electrons. The van der Waals surface area contributed by atoms with Gasteiger partial charge in [-0.15, -0.1) is 0 Å². The van der Waals surface area contributed by atoms with Gasteiger partial charge < -0.3 is 14.8 Å². The summed E-state index contributed by atoms with van der Waals surface area (Å²) in [5, 5.41) is 3.82. The highest BCUT2D eigenvalue weighted by Crippen LogP contribution is 2.30. The minimum Gasteiger partial charge on any atom is -0.494 e. The Morgan fingerprint density at radius 3 is 2.63 bits per heavy atom. The van der Waals surface area contributed by atoms with Gasteiger partial charge in [-0.2, -0.15) is 0 Å². The third kappa shape index (κ3) is 4.56. The maximum absolute atomic E-state index is 12.7. The van der Waals surface area contributed by atoms with Crippen molar-refractivity contribution < 1.29 is 14.3 Å². The molecule has 0 saturated heterocycles. The zero-order valence-corrected chi connectivity index (χ0v) is 15.7. The van der Waals surface area contributed by atoms with E-state index in [1.807, 2.05) is 43.3 Å². The number of ether oxygens (including phenoxy) is 2. The third-order valence-electron chi connectivity index (χ3n) is 4.01. The fourth-order valence-corrected chi connectivity index (χ4v) is 2.73. The zero-order valence-electron chi connectivity index (χ0n) is 15.7. The predicted octanol–water partition coefficient (Wildman–Crippen LogP) is 5.06. The number of nitrogens with zero attached hydrogens (tertiary/aromatic N) is 1. The summed E-state index contributed by atoms with van der Waals surface area (Å²) < 4.78 is 11.4. The van der Waals surface area contributed by atoms with E-state index >= 15 is 0 Å². The van der Waals surface area contributed by atoms with E-state index in [-0.39, 0.29) is 5.91 Å². The van der Waals surface area contributed by atoms with Crippen LogP contribution in [0.2, 0.25) is 0 Å². The molecule has 3 rings (SSSR count). The largest absolute Gasteiger partial charge is 0.494 e. The number of aromatic nitrogens is 1. The lowest BCUT2D eigenvalue weighted by atomic mass is 10.1. The molecule has 27 heavy (non-hydrogen) atoms. The highest BCUT2D eigenvalue weighted by molar-refractivity contribution is 6.09. The Morgan fingerprint density at radius 2 is 1.81 bits per heavy atom. The fourth-order valence-electron chi connectivity index (χ4n) is 2.73. The van der Waals surface area contributed by atoms with Gasteiger partial charge in [0.15, 0.2) is 0 Å². The van der Waals surface area contributed by atoms with E-state index in [4.69, 9.17) is 9.47 Å². The molecule has 0 fully saturated rings. The van der Waals surface area contributed by atoms with Crippen molar-refractivity contribution in [1.29, 1.82) is 0 Å². The normalized spacial score (nSPS) is 10.6. The number of anilines is 1. The lowest BCUT2D eigenvalue weighted by Gasteiger charge is -2.13. The van der Waals surface area contributed by atoms with Crippen molar-refractivity contribution in [2.24, 2.45) is 0 Å². The molecule has 3 aromatic rings. The minimum absolute atomic E-state index is 0.190. The molecule has 5 nitrogen and oxygen atoms in total. The van der Waals surface area contributed by atoms with Crippen LogP contribution in [0, 0.1) is 0 Å². The summed E-state index contributed by atoms with van der Waals surface area (Å²) in [4.78, 5) is 17.1. The summed E-state index contributed by atoms with van der Waals surface area (Å²) in [6.45, 7) is 5.36. The average molecular weight is 364 g/mol. The number of benzene rings is 2. The number of carbonyl (C=O) groups excluding carboxylic acids is 1. The molecule has 0 radical (unpaired) electrons. The van der Waals surface area contributed by atoms with E-state index in [0.29, 0.717) is 30.2 Å². The number of hydrogen-bond donors (Lipinski definition) is 1. The first-order valence-electron chi connectivity index (χ1n) is 9.27. The monoisotopic (exact) mass is 364 g/mol. The third-order valence-corrected chi connectivity index (χ3v) is 4.01. The molecule has 0 bridgehead atoms. The SMILES string of the molecule is CCCOc1cccc(C(=O)Nc2ccc(OCCC)c3ncccc23)c1. The molecule has 1 N–H and O–H groups in total. The van der Waals surface area contributed by atoms with Crippen LogP contribution in [-0.4, -0.2) is 24.1 Å². The van der Waals surface area contributed by atoms with Gasteiger partial charge in [0.2, 0.25) is 0 Å². The van der Waals surface area contributed by atoms with E-state index < -0.39 is 0 Å². The maximum atomic E-state index is 12.7. The summed E-state index contributed by atoms with van der Waals surface area (Å²) >= 11 is 0. The number of fused-ring (bicyclic) bond motifs is 1. The molecule has 1 amide bonds. The summed E-state index contributed by atoms with van der Waals surface area (Å²) in [6.07, 6.45) is 3.56. The molecule has 1 aromatic heterocycles. The summed E-state index contributed by atoms with van der Waals surface area (Å²) in [5.41, 5.74) is 1.99. The van der Waals surface area contributed by atoms with Crippen molar-refractivity contribution in [1.82, 2.24) is 4.98 Å². The van der Waals surface area contributed by atoms with Crippen LogP contribution in [-0.2, 0) is 0 Å². The van der Waals surface area contributed by atoms with Crippen molar-refractivity contribution in [3.63, 3.8) is 0 Å². The van der Waals surface area contributed by atoms with Crippen molar-refractivity contribution in [3.05, 3.63) is 60.3 Å². The smallest absolute Gasteiger partial charge is 0.255 e. The molecule has 5 heteroatoms. The van der Waals surface area contributed by atoms with Gasteiger partial charge in [-0.25, -0.2) is 0 Å². The highest BCUT2D eigenvalue weighted by Gasteiger charge is 2.12. The summed E-state index contributed by atoms with van der Waals surface area (Å²) in [6, 6.07) is 14.7. The van der Waals surface area contributed by atoms with E-state index in [2.05, 4.69) is 17.2 Å². The molecule has 2 aromatic carbocycles. The van der Waals surface area contributed by atoms with Crippen LogP contribution in [0.4, 0.5) is 5.69 Å². The second-order valence-corrected chi connectivity index (χ2v) is 6.19. The average Bonchev–Trinajstić information content (AvgIpc) is 2.72. The number of hydrogen-bond acceptors (Lipinski definition) is 4. The van der Waals surface area contributed by atoms with E-state index in [1.165, 1.54) is 0 Å². The van der Waals surface area contributed by atoms with Crippen LogP contribution in [0.3, 0.4) is 0 Å². The number of pyridine rings is 1. The Kier molecular flexibility index (Phi) is 6.26. The quantitative estimate of drug-likeness (QED) is 0.606. The minimum atomic E-state index is -0.190. The Bertz CT molecular complexity index is 924. The number of rotatable bonds is 8. The second-order valence-electron chi connectivity index (χ2n) is 6.19. The lowest BCUT2D eigenvalue weighted by Crippen LogP contribution is -2.12. The summed E-state index contributed by atoms with van der Waals surface area (Å²) in [7, 11) is 0. The Balaban J connectivity index is 1.85. The van der Waals surface area contributed by atoms with Crippen LogP contribution >= 0.6 is 0 Å². The van der Waals surface area contributed by atoms with Gasteiger partial charge in [-0.3, -0.25) is 9.78 Å².